The number of benzene rings is 1. The molecule has 2 aliphatic heterocycles. The Morgan fingerprint density at radius 3 is 2.40 bits per heavy atom. The van der Waals surface area contributed by atoms with Gasteiger partial charge in [-0.2, -0.15) is 0 Å². The average molecular weight is 671 g/mol. The SMILES string of the molecule is CCOC(=O)N1CCN(C(=O)[C@H](CCC(=O)O)NC(=O)c2cc(OCC(=O)N3CC[C@H]3C(=O)NC3CCC3)c3cccc(F)c3n2)CC1. The van der Waals surface area contributed by atoms with E-state index in [1.807, 2.05) is 0 Å². The number of nitrogens with one attached hydrogen (secondary N) is 2. The lowest BCUT2D eigenvalue weighted by Gasteiger charge is -2.41. The van der Waals surface area contributed by atoms with Crippen molar-refractivity contribution in [1.82, 2.24) is 30.3 Å². The van der Waals surface area contributed by atoms with Crippen LogP contribution in [0, 0.1) is 5.82 Å². The third-order valence-corrected chi connectivity index (χ3v) is 8.80. The van der Waals surface area contributed by atoms with Gasteiger partial charge in [-0.3, -0.25) is 24.0 Å². The van der Waals surface area contributed by atoms with E-state index in [4.69, 9.17) is 9.47 Å². The molecule has 0 bridgehead atoms. The zero-order chi connectivity index (χ0) is 34.4. The molecule has 3 heterocycles. The van der Waals surface area contributed by atoms with E-state index in [1.165, 1.54) is 32.9 Å². The summed E-state index contributed by atoms with van der Waals surface area (Å²) in [6.07, 6.45) is 2.26. The summed E-state index contributed by atoms with van der Waals surface area (Å²) in [6.45, 7) is 2.45. The number of pyridine rings is 1. The van der Waals surface area contributed by atoms with Crippen LogP contribution in [0.15, 0.2) is 24.3 Å². The number of carboxylic acid groups (broad SMARTS) is 1. The van der Waals surface area contributed by atoms with Gasteiger partial charge in [0.1, 0.15) is 34.9 Å². The van der Waals surface area contributed by atoms with Crippen molar-refractivity contribution < 1.29 is 47.7 Å². The number of aromatic nitrogens is 1. The molecule has 2 saturated heterocycles. The van der Waals surface area contributed by atoms with Gasteiger partial charge >= 0.3 is 12.1 Å². The molecule has 3 aliphatic rings. The number of likely N-dealkylation sites (tertiary alicyclic amines) is 1. The predicted octanol–water partition coefficient (Wildman–Crippen LogP) is 1.29. The molecule has 5 rings (SSSR count). The summed E-state index contributed by atoms with van der Waals surface area (Å²) in [4.78, 5) is 84.4. The second-order valence-corrected chi connectivity index (χ2v) is 11.9. The van der Waals surface area contributed by atoms with E-state index in [2.05, 4.69) is 15.6 Å². The minimum atomic E-state index is -1.26. The standard InChI is InChI=1S/C32H39FN6O9/c1-2-47-32(46)38-15-13-37(14-16-38)31(45)22(9-10-27(41)42)36-29(43)23-17-25(20-7-4-8-21(33)28(20)35-23)48-18-26(40)39-12-11-24(39)30(44)34-19-5-3-6-19/h4,7-8,17,19,22,24H,2-3,5-6,9-16,18H2,1H3,(H,34,44)(H,36,43)(H,41,42)/t22-,24-/m0/s1. The average Bonchev–Trinajstić information content (AvgIpc) is 3.03. The zero-order valence-electron chi connectivity index (χ0n) is 26.6. The second kappa shape index (κ2) is 15.3. The highest BCUT2D eigenvalue weighted by atomic mass is 19.1. The third kappa shape index (κ3) is 7.91. The van der Waals surface area contributed by atoms with Crippen LogP contribution in [-0.4, -0.2) is 125 Å². The molecule has 15 nitrogen and oxygen atoms in total. The smallest absolute Gasteiger partial charge is 0.409 e. The van der Waals surface area contributed by atoms with E-state index >= 15 is 0 Å². The van der Waals surface area contributed by atoms with Gasteiger partial charge in [0.15, 0.2) is 6.61 Å². The van der Waals surface area contributed by atoms with Crippen LogP contribution in [0.2, 0.25) is 0 Å². The van der Waals surface area contributed by atoms with Crippen LogP contribution in [0.3, 0.4) is 0 Å². The Balaban J connectivity index is 1.28. The Hall–Kier alpha value is -5.02. The van der Waals surface area contributed by atoms with Crippen molar-refractivity contribution in [2.24, 2.45) is 0 Å². The quantitative estimate of drug-likeness (QED) is 0.297. The fourth-order valence-corrected chi connectivity index (χ4v) is 5.75. The van der Waals surface area contributed by atoms with Crippen LogP contribution in [0.4, 0.5) is 9.18 Å². The number of rotatable bonds is 12. The molecular weight excluding hydrogens is 631 g/mol. The first-order chi connectivity index (χ1) is 23.0. The molecule has 1 aliphatic carbocycles. The Bertz CT molecular complexity index is 1580. The van der Waals surface area contributed by atoms with Crippen LogP contribution in [0.25, 0.3) is 10.9 Å². The van der Waals surface area contributed by atoms with Crippen LogP contribution in [0.1, 0.15) is 55.9 Å². The molecule has 3 fully saturated rings. The molecule has 0 spiro atoms. The van der Waals surface area contributed by atoms with Crippen LogP contribution in [-0.2, 0) is 23.9 Å². The van der Waals surface area contributed by atoms with Crippen molar-refractivity contribution in [3.8, 4) is 5.75 Å². The fourth-order valence-electron chi connectivity index (χ4n) is 5.75. The molecule has 16 heteroatoms. The summed E-state index contributed by atoms with van der Waals surface area (Å²) in [6, 6.07) is 3.58. The molecule has 1 saturated carbocycles. The molecule has 2 aromatic rings. The highest BCUT2D eigenvalue weighted by Crippen LogP contribution is 2.28. The van der Waals surface area contributed by atoms with E-state index in [0.717, 1.165) is 25.3 Å². The van der Waals surface area contributed by atoms with Crippen LogP contribution < -0.4 is 15.4 Å². The Kier molecular flexibility index (Phi) is 10.9. The number of carboxylic acids is 1. The van der Waals surface area contributed by atoms with Crippen LogP contribution in [0.5, 0.6) is 5.75 Å². The Labute approximate surface area is 275 Å². The van der Waals surface area contributed by atoms with Gasteiger partial charge in [-0.15, -0.1) is 0 Å². The number of nitrogens with zero attached hydrogens (tertiary/aromatic N) is 4. The van der Waals surface area contributed by atoms with Gasteiger partial charge in [0, 0.05) is 56.6 Å². The number of fused-ring (bicyclic) bond motifs is 1. The Morgan fingerprint density at radius 2 is 1.77 bits per heavy atom. The highest BCUT2D eigenvalue weighted by Gasteiger charge is 2.39. The molecule has 1 aromatic heterocycles. The van der Waals surface area contributed by atoms with E-state index < -0.39 is 60.7 Å². The summed E-state index contributed by atoms with van der Waals surface area (Å²) in [7, 11) is 0. The lowest BCUT2D eigenvalue weighted by atomic mass is 9.92. The summed E-state index contributed by atoms with van der Waals surface area (Å²) >= 11 is 0. The van der Waals surface area contributed by atoms with Crippen LogP contribution >= 0.6 is 0 Å². The molecule has 3 N–H and O–H groups in total. The van der Waals surface area contributed by atoms with Crippen molar-refractivity contribution in [3.05, 3.63) is 35.8 Å². The maximum atomic E-state index is 14.9. The predicted molar refractivity (Wildman–Crippen MR) is 166 cm³/mol. The summed E-state index contributed by atoms with van der Waals surface area (Å²) in [5, 5.41) is 15.0. The number of aliphatic carboxylic acids is 1. The number of halogens is 1. The number of para-hydroxylation sites is 1. The summed E-state index contributed by atoms with van der Waals surface area (Å²) in [5.41, 5.74) is -0.533. The minimum Gasteiger partial charge on any atom is -0.483 e. The van der Waals surface area contributed by atoms with Gasteiger partial charge in [0.2, 0.25) is 11.8 Å². The molecule has 258 valence electrons. The summed E-state index contributed by atoms with van der Waals surface area (Å²) in [5.74, 6) is -4.05. The van der Waals surface area contributed by atoms with Crippen molar-refractivity contribution in [2.75, 3.05) is 45.9 Å². The maximum Gasteiger partial charge on any atom is 0.409 e. The lowest BCUT2D eigenvalue weighted by molar-refractivity contribution is -0.149. The maximum absolute atomic E-state index is 14.9. The first kappa shape index (κ1) is 34.3. The van der Waals surface area contributed by atoms with Gasteiger partial charge in [-0.05, 0) is 51.2 Å². The van der Waals surface area contributed by atoms with Gasteiger partial charge in [-0.1, -0.05) is 6.07 Å². The molecule has 0 unspecified atom stereocenters. The molecule has 48 heavy (non-hydrogen) atoms. The number of carbonyl (C=O) groups is 6. The van der Waals surface area contributed by atoms with Crippen molar-refractivity contribution >= 4 is 46.6 Å². The van der Waals surface area contributed by atoms with E-state index in [-0.39, 0.29) is 73.5 Å². The van der Waals surface area contributed by atoms with Crippen molar-refractivity contribution in [3.63, 3.8) is 0 Å². The van der Waals surface area contributed by atoms with E-state index in [9.17, 15) is 38.3 Å². The normalized spacial score (nSPS) is 18.3. The monoisotopic (exact) mass is 670 g/mol. The topological polar surface area (TPSA) is 188 Å². The largest absolute Gasteiger partial charge is 0.483 e. The number of hydrogen-bond donors (Lipinski definition) is 3. The molecule has 2 atom stereocenters. The first-order valence-electron chi connectivity index (χ1n) is 16.1. The Morgan fingerprint density at radius 1 is 1.04 bits per heavy atom. The third-order valence-electron chi connectivity index (χ3n) is 8.80. The number of carbonyl (C=O) groups excluding carboxylic acids is 5. The molecule has 0 radical (unpaired) electrons. The first-order valence-corrected chi connectivity index (χ1v) is 16.1. The van der Waals surface area contributed by atoms with Gasteiger partial charge < -0.3 is 39.9 Å². The minimum absolute atomic E-state index is 0.0162. The molecular formula is C32H39FN6O9. The van der Waals surface area contributed by atoms with Gasteiger partial charge in [0.25, 0.3) is 11.8 Å². The second-order valence-electron chi connectivity index (χ2n) is 11.9. The van der Waals surface area contributed by atoms with Gasteiger partial charge in [0.05, 0.1) is 6.61 Å². The number of ether oxygens (including phenoxy) is 2. The van der Waals surface area contributed by atoms with Crippen molar-refractivity contribution in [2.45, 2.75) is 63.6 Å². The summed E-state index contributed by atoms with van der Waals surface area (Å²) < 4.78 is 25.7. The fraction of sp³-hybridized carbons (Fsp3) is 0.531. The van der Waals surface area contributed by atoms with E-state index in [0.29, 0.717) is 13.0 Å². The zero-order valence-corrected chi connectivity index (χ0v) is 26.6. The van der Waals surface area contributed by atoms with Crippen molar-refractivity contribution in [1.29, 1.82) is 0 Å². The molecule has 5 amide bonds. The van der Waals surface area contributed by atoms with E-state index in [1.54, 1.807) is 6.92 Å². The number of amides is 5. The van der Waals surface area contributed by atoms with Gasteiger partial charge in [-0.25, -0.2) is 14.2 Å². The molecule has 1 aromatic carbocycles. The number of piperazine rings is 1. The lowest BCUT2D eigenvalue weighted by Crippen LogP contribution is -2.60. The highest BCUT2D eigenvalue weighted by molar-refractivity contribution is 5.99. The number of hydrogen-bond acceptors (Lipinski definition) is 9.